The van der Waals surface area contributed by atoms with E-state index in [9.17, 15) is 5.11 Å². The van der Waals surface area contributed by atoms with Gasteiger partial charge >= 0.3 is 0 Å². The lowest BCUT2D eigenvalue weighted by Crippen LogP contribution is -2.07. The molecule has 0 aromatic heterocycles. The number of aliphatic imine (C=N–C) groups is 1. The summed E-state index contributed by atoms with van der Waals surface area (Å²) in [6.45, 7) is 10.6. The molecule has 0 aliphatic heterocycles. The van der Waals surface area contributed by atoms with Gasteiger partial charge in [0.15, 0.2) is 0 Å². The minimum Gasteiger partial charge on any atom is -0.507 e. The summed E-state index contributed by atoms with van der Waals surface area (Å²) in [6.07, 6.45) is 2.93. The zero-order valence-corrected chi connectivity index (χ0v) is 16.0. The Hall–Kier alpha value is -2.06. The summed E-state index contributed by atoms with van der Waals surface area (Å²) in [6, 6.07) is 13.5. The lowest BCUT2D eigenvalue weighted by molar-refractivity contribution is 0.473. The third kappa shape index (κ3) is 4.73. The minimum atomic E-state index is 0.104. The monoisotopic (exact) mass is 355 g/mol. The lowest BCUT2D eigenvalue weighted by Gasteiger charge is -2.17. The van der Waals surface area contributed by atoms with E-state index in [2.05, 4.69) is 51.6 Å². The molecular weight excluding hydrogens is 330 g/mol. The smallest absolute Gasteiger partial charge is 0.126 e. The summed E-state index contributed by atoms with van der Waals surface area (Å²) in [5.41, 5.74) is 4.66. The van der Waals surface area contributed by atoms with Gasteiger partial charge in [0.25, 0.3) is 0 Å². The first-order valence-electron chi connectivity index (χ1n) is 8.82. The number of halogens is 1. The highest BCUT2D eigenvalue weighted by atomic mass is 35.5. The maximum absolute atomic E-state index is 10.1. The van der Waals surface area contributed by atoms with Crippen LogP contribution in [0.3, 0.4) is 0 Å². The van der Waals surface area contributed by atoms with Gasteiger partial charge in [0.1, 0.15) is 5.75 Å². The van der Waals surface area contributed by atoms with Gasteiger partial charge in [-0.3, -0.25) is 4.99 Å². The van der Waals surface area contributed by atoms with Crippen LogP contribution in [-0.2, 0) is 0 Å². The molecule has 0 heterocycles. The van der Waals surface area contributed by atoms with Crippen molar-refractivity contribution in [3.05, 3.63) is 70.8 Å². The first-order valence-corrected chi connectivity index (χ1v) is 9.20. The number of hydrogen-bond donors (Lipinski definition) is 1. The molecule has 0 saturated heterocycles. The van der Waals surface area contributed by atoms with Crippen LogP contribution in [0.2, 0.25) is 5.02 Å². The molecule has 0 fully saturated rings. The predicted octanol–water partition coefficient (Wildman–Crippen LogP) is 6.82. The Balaban J connectivity index is 2.47. The van der Waals surface area contributed by atoms with E-state index in [4.69, 9.17) is 16.6 Å². The Kier molecular flexibility index (Phi) is 6.83. The van der Waals surface area contributed by atoms with Crippen molar-refractivity contribution in [2.45, 2.75) is 46.0 Å². The van der Waals surface area contributed by atoms with Gasteiger partial charge < -0.3 is 5.11 Å². The molecule has 0 spiro atoms. The first-order chi connectivity index (χ1) is 12.0. The van der Waals surface area contributed by atoms with Crippen LogP contribution in [-0.4, -0.2) is 10.8 Å². The maximum atomic E-state index is 10.1. The van der Waals surface area contributed by atoms with Crippen molar-refractivity contribution in [3.8, 4) is 5.75 Å². The molecule has 2 rings (SSSR count). The summed E-state index contributed by atoms with van der Waals surface area (Å²) in [5.74, 6) is 0.572. The third-order valence-corrected chi connectivity index (χ3v) is 4.68. The Morgan fingerprint density at radius 2 is 1.88 bits per heavy atom. The van der Waals surface area contributed by atoms with E-state index in [1.54, 1.807) is 12.1 Å². The Bertz CT molecular complexity index is 779. The zero-order chi connectivity index (χ0) is 18.4. The number of benzene rings is 2. The molecule has 0 saturated carbocycles. The van der Waals surface area contributed by atoms with Crippen molar-refractivity contribution in [2.75, 3.05) is 0 Å². The SMILES string of the molecule is C=C(N=C(CCC)c1ccccc1C(C)CC)c1ccc(Cl)cc1O. The van der Waals surface area contributed by atoms with Crippen LogP contribution < -0.4 is 0 Å². The summed E-state index contributed by atoms with van der Waals surface area (Å²) in [7, 11) is 0. The van der Waals surface area contributed by atoms with Crippen LogP contribution in [0, 0.1) is 0 Å². The Morgan fingerprint density at radius 3 is 2.52 bits per heavy atom. The number of phenols is 1. The van der Waals surface area contributed by atoms with Crippen molar-refractivity contribution in [1.82, 2.24) is 0 Å². The molecule has 1 atom stereocenters. The summed E-state index contributed by atoms with van der Waals surface area (Å²) in [4.78, 5) is 4.79. The van der Waals surface area contributed by atoms with Crippen LogP contribution in [0.5, 0.6) is 5.75 Å². The normalized spacial score (nSPS) is 12.9. The maximum Gasteiger partial charge on any atom is 0.126 e. The molecule has 0 radical (unpaired) electrons. The van der Waals surface area contributed by atoms with E-state index in [1.807, 2.05) is 0 Å². The first kappa shape index (κ1) is 19.3. The van der Waals surface area contributed by atoms with Crippen molar-refractivity contribution >= 4 is 23.0 Å². The molecule has 0 amide bonds. The fourth-order valence-electron chi connectivity index (χ4n) is 2.87. The van der Waals surface area contributed by atoms with Gasteiger partial charge in [0.05, 0.1) is 5.70 Å². The molecule has 2 aromatic rings. The van der Waals surface area contributed by atoms with E-state index in [1.165, 1.54) is 17.2 Å². The molecule has 1 unspecified atom stereocenters. The molecule has 2 nitrogen and oxygen atoms in total. The number of aromatic hydroxyl groups is 1. The van der Waals surface area contributed by atoms with Gasteiger partial charge in [-0.2, -0.15) is 0 Å². The van der Waals surface area contributed by atoms with E-state index >= 15 is 0 Å². The summed E-state index contributed by atoms with van der Waals surface area (Å²) < 4.78 is 0. The van der Waals surface area contributed by atoms with Gasteiger partial charge in [0, 0.05) is 16.3 Å². The number of hydrogen-bond acceptors (Lipinski definition) is 2. The third-order valence-electron chi connectivity index (χ3n) is 4.44. The highest BCUT2D eigenvalue weighted by Crippen LogP contribution is 2.30. The van der Waals surface area contributed by atoms with Crippen molar-refractivity contribution in [2.24, 2.45) is 4.99 Å². The Labute approximate surface area is 155 Å². The minimum absolute atomic E-state index is 0.104. The molecule has 2 aromatic carbocycles. The predicted molar refractivity (Wildman–Crippen MR) is 109 cm³/mol. The van der Waals surface area contributed by atoms with Gasteiger partial charge in [-0.25, -0.2) is 0 Å². The van der Waals surface area contributed by atoms with Crippen LogP contribution in [0.1, 0.15) is 62.6 Å². The average molecular weight is 356 g/mol. The van der Waals surface area contributed by atoms with E-state index in [-0.39, 0.29) is 5.75 Å². The fourth-order valence-corrected chi connectivity index (χ4v) is 3.04. The molecule has 1 N–H and O–H groups in total. The average Bonchev–Trinajstić information content (AvgIpc) is 2.60. The molecule has 25 heavy (non-hydrogen) atoms. The standard InChI is InChI=1S/C22H26ClNO/c1-5-9-21(20-11-8-7-10-18(20)15(3)6-2)24-16(4)19-13-12-17(23)14-22(19)25/h7-8,10-15,25H,4-6,9H2,1-3H3. The van der Waals surface area contributed by atoms with Crippen molar-refractivity contribution in [3.63, 3.8) is 0 Å². The lowest BCUT2D eigenvalue weighted by atomic mass is 9.90. The number of nitrogens with zero attached hydrogens (tertiary/aromatic N) is 1. The Morgan fingerprint density at radius 1 is 1.16 bits per heavy atom. The topological polar surface area (TPSA) is 32.6 Å². The summed E-state index contributed by atoms with van der Waals surface area (Å²) >= 11 is 5.92. The molecular formula is C22H26ClNO. The number of phenolic OH excluding ortho intramolecular Hbond substituents is 1. The zero-order valence-electron chi connectivity index (χ0n) is 15.2. The number of rotatable bonds is 7. The molecule has 3 heteroatoms. The quantitative estimate of drug-likeness (QED) is 0.543. The van der Waals surface area contributed by atoms with Crippen LogP contribution >= 0.6 is 11.6 Å². The van der Waals surface area contributed by atoms with Gasteiger partial charge in [-0.15, -0.1) is 0 Å². The molecule has 0 aliphatic carbocycles. The second-order valence-electron chi connectivity index (χ2n) is 6.31. The largest absolute Gasteiger partial charge is 0.507 e. The highest BCUT2D eigenvalue weighted by Gasteiger charge is 2.14. The molecule has 132 valence electrons. The van der Waals surface area contributed by atoms with E-state index in [0.717, 1.165) is 25.0 Å². The van der Waals surface area contributed by atoms with Crippen LogP contribution in [0.4, 0.5) is 0 Å². The van der Waals surface area contributed by atoms with Gasteiger partial charge in [-0.1, -0.05) is 69.6 Å². The molecule has 0 bridgehead atoms. The van der Waals surface area contributed by atoms with Gasteiger partial charge in [0.2, 0.25) is 0 Å². The van der Waals surface area contributed by atoms with Crippen molar-refractivity contribution in [1.29, 1.82) is 0 Å². The second-order valence-corrected chi connectivity index (χ2v) is 6.75. The van der Waals surface area contributed by atoms with Crippen molar-refractivity contribution < 1.29 is 5.11 Å². The van der Waals surface area contributed by atoms with Crippen LogP contribution in [0.15, 0.2) is 54.0 Å². The van der Waals surface area contributed by atoms with E-state index < -0.39 is 0 Å². The van der Waals surface area contributed by atoms with Crippen LogP contribution in [0.25, 0.3) is 5.70 Å². The van der Waals surface area contributed by atoms with Gasteiger partial charge in [-0.05, 0) is 48.1 Å². The molecule has 0 aliphatic rings. The summed E-state index contributed by atoms with van der Waals surface area (Å²) in [5, 5.41) is 10.6. The van der Waals surface area contributed by atoms with E-state index in [0.29, 0.717) is 22.2 Å². The highest BCUT2D eigenvalue weighted by molar-refractivity contribution is 6.30. The second kappa shape index (κ2) is 8.87. The fraction of sp³-hybridized carbons (Fsp3) is 0.318.